The van der Waals surface area contributed by atoms with Gasteiger partial charge >= 0.3 is 0 Å². The van der Waals surface area contributed by atoms with E-state index in [-0.39, 0.29) is 5.54 Å². The fourth-order valence-corrected chi connectivity index (χ4v) is 4.34. The van der Waals surface area contributed by atoms with E-state index in [9.17, 15) is 0 Å². The number of benzene rings is 1. The number of aryl methyl sites for hydroxylation is 1. The summed E-state index contributed by atoms with van der Waals surface area (Å²) in [6.45, 7) is 1.14. The Labute approximate surface area is 129 Å². The average Bonchev–Trinajstić information content (AvgIpc) is 3.26. The number of aromatic nitrogens is 1. The van der Waals surface area contributed by atoms with Gasteiger partial charge in [-0.25, -0.2) is 4.98 Å². The van der Waals surface area contributed by atoms with E-state index in [1.165, 1.54) is 29.0 Å². The minimum absolute atomic E-state index is 0.0653. The molecule has 1 aromatic heterocycles. The molecule has 0 aliphatic heterocycles. The molecule has 2 aliphatic rings. The number of nitrogens with zero attached hydrogens (tertiary/aromatic N) is 1. The molecule has 2 aliphatic carbocycles. The van der Waals surface area contributed by atoms with Gasteiger partial charge in [0.15, 0.2) is 5.13 Å². The molecule has 0 bridgehead atoms. The highest BCUT2D eigenvalue weighted by Crippen LogP contribution is 2.40. The Balaban J connectivity index is 1.67. The molecular formula is C17H21N3S. The van der Waals surface area contributed by atoms with Gasteiger partial charge in [0.05, 0.1) is 5.69 Å². The van der Waals surface area contributed by atoms with E-state index < -0.39 is 0 Å². The number of hydrogen-bond donors (Lipinski definition) is 2. The van der Waals surface area contributed by atoms with E-state index in [1.807, 2.05) is 0 Å². The van der Waals surface area contributed by atoms with Crippen LogP contribution in [0.4, 0.5) is 5.13 Å². The highest BCUT2D eigenvalue weighted by molar-refractivity contribution is 7.15. The van der Waals surface area contributed by atoms with Gasteiger partial charge in [-0.15, -0.1) is 11.3 Å². The molecule has 1 aromatic carbocycles. The molecule has 3 nitrogen and oxygen atoms in total. The van der Waals surface area contributed by atoms with E-state index in [2.05, 4.69) is 40.6 Å². The van der Waals surface area contributed by atoms with Crippen molar-refractivity contribution >= 4 is 16.5 Å². The van der Waals surface area contributed by atoms with Gasteiger partial charge < -0.3 is 11.1 Å². The first-order valence-electron chi connectivity index (χ1n) is 7.80. The Hall–Kier alpha value is -1.39. The number of rotatable bonds is 4. The van der Waals surface area contributed by atoms with E-state index in [1.54, 1.807) is 11.3 Å². The van der Waals surface area contributed by atoms with Gasteiger partial charge in [-0.1, -0.05) is 30.3 Å². The molecule has 1 saturated carbocycles. The number of nitrogens with one attached hydrogen (secondary N) is 1. The summed E-state index contributed by atoms with van der Waals surface area (Å²) in [6.07, 6.45) is 5.93. The Morgan fingerprint density at radius 3 is 2.86 bits per heavy atom. The molecule has 21 heavy (non-hydrogen) atoms. The van der Waals surface area contributed by atoms with Gasteiger partial charge in [-0.3, -0.25) is 0 Å². The molecule has 1 atom stereocenters. The SMILES string of the molecule is Nc1nc2c(s1)CC(NCC1CC1)(c1ccccc1)CC2. The quantitative estimate of drug-likeness (QED) is 0.912. The van der Waals surface area contributed by atoms with Crippen molar-refractivity contribution < 1.29 is 0 Å². The van der Waals surface area contributed by atoms with Crippen LogP contribution in [0.15, 0.2) is 30.3 Å². The summed E-state index contributed by atoms with van der Waals surface area (Å²) in [4.78, 5) is 5.85. The van der Waals surface area contributed by atoms with Gasteiger partial charge in [-0.2, -0.15) is 0 Å². The highest BCUT2D eigenvalue weighted by atomic mass is 32.1. The Bertz CT molecular complexity index is 633. The molecule has 1 fully saturated rings. The molecule has 4 heteroatoms. The predicted octanol–water partition coefficient (Wildman–Crippen LogP) is 3.11. The maximum Gasteiger partial charge on any atom is 0.180 e. The van der Waals surface area contributed by atoms with Crippen molar-refractivity contribution in [3.05, 3.63) is 46.5 Å². The third kappa shape index (κ3) is 2.58. The van der Waals surface area contributed by atoms with E-state index in [0.29, 0.717) is 5.13 Å². The molecule has 0 radical (unpaired) electrons. The number of fused-ring (bicyclic) bond motifs is 1. The zero-order chi connectivity index (χ0) is 14.3. The van der Waals surface area contributed by atoms with Crippen LogP contribution in [-0.2, 0) is 18.4 Å². The van der Waals surface area contributed by atoms with E-state index in [4.69, 9.17) is 5.73 Å². The van der Waals surface area contributed by atoms with Crippen LogP contribution in [0.3, 0.4) is 0 Å². The largest absolute Gasteiger partial charge is 0.375 e. The lowest BCUT2D eigenvalue weighted by Gasteiger charge is -2.38. The molecule has 4 rings (SSSR count). The second kappa shape index (κ2) is 5.11. The molecule has 0 saturated heterocycles. The molecular weight excluding hydrogens is 278 g/mol. The topological polar surface area (TPSA) is 50.9 Å². The minimum Gasteiger partial charge on any atom is -0.375 e. The van der Waals surface area contributed by atoms with Crippen LogP contribution in [0.1, 0.15) is 35.4 Å². The van der Waals surface area contributed by atoms with Crippen LogP contribution < -0.4 is 11.1 Å². The highest BCUT2D eigenvalue weighted by Gasteiger charge is 2.38. The second-order valence-electron chi connectivity index (χ2n) is 6.37. The first kappa shape index (κ1) is 13.3. The van der Waals surface area contributed by atoms with Gasteiger partial charge in [0.25, 0.3) is 0 Å². The summed E-state index contributed by atoms with van der Waals surface area (Å²) in [6, 6.07) is 10.9. The normalized spacial score (nSPS) is 24.8. The average molecular weight is 299 g/mol. The van der Waals surface area contributed by atoms with Crippen molar-refractivity contribution in [1.29, 1.82) is 0 Å². The second-order valence-corrected chi connectivity index (χ2v) is 7.49. The zero-order valence-electron chi connectivity index (χ0n) is 12.1. The third-order valence-corrected chi connectivity index (χ3v) is 5.72. The maximum atomic E-state index is 5.90. The summed E-state index contributed by atoms with van der Waals surface area (Å²) >= 11 is 1.66. The van der Waals surface area contributed by atoms with Gasteiger partial charge in [0.2, 0.25) is 0 Å². The van der Waals surface area contributed by atoms with E-state index >= 15 is 0 Å². The fraction of sp³-hybridized carbons (Fsp3) is 0.471. The van der Waals surface area contributed by atoms with Crippen molar-refractivity contribution in [2.45, 2.75) is 37.6 Å². The van der Waals surface area contributed by atoms with Crippen LogP contribution in [0.2, 0.25) is 0 Å². The van der Waals surface area contributed by atoms with Crippen molar-refractivity contribution in [2.24, 2.45) is 5.92 Å². The summed E-state index contributed by atoms with van der Waals surface area (Å²) in [7, 11) is 0. The lowest BCUT2D eigenvalue weighted by Crippen LogP contribution is -2.47. The first-order chi connectivity index (χ1) is 10.3. The Morgan fingerprint density at radius 2 is 2.10 bits per heavy atom. The van der Waals surface area contributed by atoms with Crippen LogP contribution >= 0.6 is 11.3 Å². The predicted molar refractivity (Wildman–Crippen MR) is 87.4 cm³/mol. The number of anilines is 1. The van der Waals surface area contributed by atoms with Crippen LogP contribution in [-0.4, -0.2) is 11.5 Å². The summed E-state index contributed by atoms with van der Waals surface area (Å²) in [5.74, 6) is 0.888. The molecule has 1 heterocycles. The monoisotopic (exact) mass is 299 g/mol. The molecule has 0 amide bonds. The molecule has 0 spiro atoms. The minimum atomic E-state index is 0.0653. The van der Waals surface area contributed by atoms with Gasteiger partial charge in [0, 0.05) is 16.8 Å². The van der Waals surface area contributed by atoms with E-state index in [0.717, 1.165) is 31.7 Å². The third-order valence-electron chi connectivity index (χ3n) is 4.80. The van der Waals surface area contributed by atoms with Gasteiger partial charge in [0.1, 0.15) is 0 Å². The number of nitrogen functional groups attached to an aromatic ring is 1. The summed E-state index contributed by atoms with van der Waals surface area (Å²) < 4.78 is 0. The fourth-order valence-electron chi connectivity index (χ4n) is 3.35. The van der Waals surface area contributed by atoms with Crippen molar-refractivity contribution in [2.75, 3.05) is 12.3 Å². The maximum absolute atomic E-state index is 5.90. The van der Waals surface area contributed by atoms with Crippen molar-refractivity contribution in [3.63, 3.8) is 0 Å². The standard InChI is InChI=1S/C17H21N3S/c18-16-20-14-8-9-17(10-15(14)21-16,19-11-12-6-7-12)13-4-2-1-3-5-13/h1-5,12,19H,6-11H2,(H2,18,20). The smallest absolute Gasteiger partial charge is 0.180 e. The first-order valence-corrected chi connectivity index (χ1v) is 8.61. The van der Waals surface area contributed by atoms with Gasteiger partial charge in [-0.05, 0) is 43.7 Å². The lowest BCUT2D eigenvalue weighted by molar-refractivity contribution is 0.288. The van der Waals surface area contributed by atoms with Crippen molar-refractivity contribution in [3.8, 4) is 0 Å². The van der Waals surface area contributed by atoms with Crippen LogP contribution in [0, 0.1) is 5.92 Å². The molecule has 3 N–H and O–H groups in total. The number of thiazole rings is 1. The number of hydrogen-bond acceptors (Lipinski definition) is 4. The molecule has 1 unspecified atom stereocenters. The Morgan fingerprint density at radius 1 is 1.29 bits per heavy atom. The molecule has 2 aromatic rings. The Kier molecular flexibility index (Phi) is 3.23. The van der Waals surface area contributed by atoms with Crippen molar-refractivity contribution in [1.82, 2.24) is 10.3 Å². The summed E-state index contributed by atoms with van der Waals surface area (Å²) in [5.41, 5.74) is 8.60. The van der Waals surface area contributed by atoms with Crippen LogP contribution in [0.25, 0.3) is 0 Å². The lowest BCUT2D eigenvalue weighted by atomic mass is 9.77. The zero-order valence-corrected chi connectivity index (χ0v) is 13.0. The summed E-state index contributed by atoms with van der Waals surface area (Å²) in [5, 5.41) is 4.62. The molecule has 110 valence electrons. The number of nitrogens with two attached hydrogens (primary N) is 1. The van der Waals surface area contributed by atoms with Crippen LogP contribution in [0.5, 0.6) is 0 Å².